The Hall–Kier alpha value is -0.430. The summed E-state index contributed by atoms with van der Waals surface area (Å²) in [7, 11) is -4.31. The summed E-state index contributed by atoms with van der Waals surface area (Å²) in [6.07, 6.45) is 0. The van der Waals surface area contributed by atoms with Crippen molar-refractivity contribution in [1.29, 1.82) is 0 Å². The molecule has 148 valence electrons. The topological polar surface area (TPSA) is 68.3 Å². The van der Waals surface area contributed by atoms with Gasteiger partial charge in [0.05, 0.1) is 0 Å². The Labute approximate surface area is 206 Å². The Morgan fingerprint density at radius 3 is 1.38 bits per heavy atom. The van der Waals surface area contributed by atoms with Gasteiger partial charge in [0.1, 0.15) is 9.79 Å². The Kier molecular flexibility index (Phi) is 5.95. The minimum atomic E-state index is -4.31. The van der Waals surface area contributed by atoms with Gasteiger partial charge in [-0.3, -0.25) is 9.59 Å². The van der Waals surface area contributed by atoms with Crippen molar-refractivity contribution in [3.63, 3.8) is 0 Å². The lowest BCUT2D eigenvalue weighted by Gasteiger charge is -2.08. The molecule has 2 aromatic heterocycles. The number of benzene rings is 2. The van der Waals surface area contributed by atoms with E-state index < -0.39 is 29.1 Å². The number of rotatable bonds is 2. The molecule has 0 amide bonds. The van der Waals surface area contributed by atoms with Crippen LogP contribution in [0.1, 0.15) is 0 Å². The fourth-order valence-corrected chi connectivity index (χ4v) is 9.77. The molecule has 29 heavy (non-hydrogen) atoms. The summed E-state index contributed by atoms with van der Waals surface area (Å²) in [5, 5.41) is 1.16. The van der Waals surface area contributed by atoms with Crippen LogP contribution >= 0.6 is 86.4 Å². The molecule has 0 radical (unpaired) electrons. The van der Waals surface area contributed by atoms with Crippen LogP contribution < -0.4 is 9.48 Å². The first kappa shape index (κ1) is 21.8. The number of halogens is 4. The van der Waals surface area contributed by atoms with Crippen molar-refractivity contribution in [2.75, 3.05) is 0 Å². The van der Waals surface area contributed by atoms with Crippen LogP contribution in [-0.2, 0) is 9.84 Å². The van der Waals surface area contributed by atoms with Crippen LogP contribution in [0.5, 0.6) is 0 Å². The average molecular weight is 702 g/mol. The Balaban J connectivity index is 2.03. The molecule has 0 saturated carbocycles. The predicted molar refractivity (Wildman–Crippen MR) is 132 cm³/mol. The minimum absolute atomic E-state index is 0.407. The maximum atomic E-state index is 13.3. The summed E-state index contributed by atoms with van der Waals surface area (Å²) in [4.78, 5) is 24.5. The van der Waals surface area contributed by atoms with Gasteiger partial charge >= 0.3 is 0 Å². The predicted octanol–water partition coefficient (Wildman–Crippen LogP) is 6.72. The van der Waals surface area contributed by atoms with Crippen molar-refractivity contribution >= 4 is 116 Å². The third kappa shape index (κ3) is 3.95. The SMILES string of the molecule is O=c1sc2cc(Br)cc(Br)c2cc1S(=O)(=O)c1cc2c(Br)cc(Br)cc2sc1=O. The van der Waals surface area contributed by atoms with Crippen LogP contribution in [0.15, 0.2) is 73.7 Å². The number of fused-ring (bicyclic) bond motifs is 2. The molecule has 0 aliphatic carbocycles. The molecule has 11 heteroatoms. The third-order valence-corrected chi connectivity index (χ3v) is 10.2. The molecule has 0 unspecified atom stereocenters. The molecule has 0 saturated heterocycles. The zero-order valence-corrected chi connectivity index (χ0v) is 22.6. The zero-order chi connectivity index (χ0) is 21.1. The zero-order valence-electron chi connectivity index (χ0n) is 13.8. The number of sulfone groups is 1. The Morgan fingerprint density at radius 2 is 1.00 bits per heavy atom. The van der Waals surface area contributed by atoms with Gasteiger partial charge in [0.15, 0.2) is 0 Å². The highest BCUT2D eigenvalue weighted by Crippen LogP contribution is 2.34. The van der Waals surface area contributed by atoms with Crippen LogP contribution in [0.2, 0.25) is 0 Å². The summed E-state index contributed by atoms with van der Waals surface area (Å²) < 4.78 is 29.4. The summed E-state index contributed by atoms with van der Waals surface area (Å²) in [5.41, 5.74) is 0. The quantitative estimate of drug-likeness (QED) is 0.233. The first-order chi connectivity index (χ1) is 13.6. The fraction of sp³-hybridized carbons (Fsp3) is 0. The molecular weight excluding hydrogens is 696 g/mol. The van der Waals surface area contributed by atoms with E-state index in [9.17, 15) is 18.0 Å². The Morgan fingerprint density at radius 1 is 0.621 bits per heavy atom. The molecule has 0 bridgehead atoms. The highest BCUT2D eigenvalue weighted by Gasteiger charge is 2.26. The standard InChI is InChI=1S/C18H6Br4O4S3/c19-7-1-11(21)9-5-15(17(23)27-13(9)3-7)29(25,26)16-6-10-12(22)2-8(20)4-14(10)28-18(16)24/h1-6H. The second-order valence-corrected chi connectivity index (χ2v) is 13.4. The van der Waals surface area contributed by atoms with Crippen LogP contribution in [0.4, 0.5) is 0 Å². The molecule has 0 spiro atoms. The largest absolute Gasteiger partial charge is 0.276 e. The highest BCUT2D eigenvalue weighted by atomic mass is 79.9. The second kappa shape index (κ2) is 7.92. The van der Waals surface area contributed by atoms with Crippen molar-refractivity contribution in [3.05, 3.63) is 73.4 Å². The van der Waals surface area contributed by atoms with E-state index in [1.807, 2.05) is 0 Å². The Bertz CT molecular complexity index is 1440. The van der Waals surface area contributed by atoms with Gasteiger partial charge in [0, 0.05) is 38.1 Å². The lowest BCUT2D eigenvalue weighted by atomic mass is 10.2. The maximum absolute atomic E-state index is 13.3. The van der Waals surface area contributed by atoms with Gasteiger partial charge < -0.3 is 0 Å². The molecule has 2 aromatic carbocycles. The average Bonchev–Trinajstić information content (AvgIpc) is 2.59. The van der Waals surface area contributed by atoms with E-state index in [1.54, 1.807) is 24.3 Å². The highest BCUT2D eigenvalue weighted by molar-refractivity contribution is 9.11. The molecule has 0 N–H and O–H groups in total. The number of hydrogen-bond acceptors (Lipinski definition) is 6. The van der Waals surface area contributed by atoms with Gasteiger partial charge in [-0.15, -0.1) is 0 Å². The lowest BCUT2D eigenvalue weighted by molar-refractivity contribution is 0.595. The summed E-state index contributed by atoms with van der Waals surface area (Å²) in [5.74, 6) is 0. The van der Waals surface area contributed by atoms with E-state index in [1.165, 1.54) is 12.1 Å². The van der Waals surface area contributed by atoms with Gasteiger partial charge in [-0.05, 0) is 36.4 Å². The molecule has 0 fully saturated rings. The van der Waals surface area contributed by atoms with E-state index in [0.717, 1.165) is 31.6 Å². The van der Waals surface area contributed by atoms with Gasteiger partial charge in [0.25, 0.3) is 9.48 Å². The van der Waals surface area contributed by atoms with E-state index in [2.05, 4.69) is 63.7 Å². The molecule has 4 rings (SSSR count). The van der Waals surface area contributed by atoms with Crippen LogP contribution in [0.3, 0.4) is 0 Å². The summed E-state index contributed by atoms with van der Waals surface area (Å²) in [6, 6.07) is 9.67. The molecule has 0 atom stereocenters. The van der Waals surface area contributed by atoms with E-state index >= 15 is 0 Å². The molecule has 0 aliphatic rings. The number of hydrogen-bond donors (Lipinski definition) is 0. The van der Waals surface area contributed by atoms with Crippen molar-refractivity contribution < 1.29 is 8.42 Å². The van der Waals surface area contributed by atoms with E-state index in [-0.39, 0.29) is 0 Å². The van der Waals surface area contributed by atoms with Crippen LogP contribution in [0.25, 0.3) is 20.2 Å². The molecule has 4 nitrogen and oxygen atoms in total. The van der Waals surface area contributed by atoms with E-state index in [0.29, 0.717) is 29.1 Å². The van der Waals surface area contributed by atoms with Gasteiger partial charge in [-0.1, -0.05) is 86.4 Å². The maximum Gasteiger partial charge on any atom is 0.251 e. The van der Waals surface area contributed by atoms with Crippen molar-refractivity contribution in [3.8, 4) is 0 Å². The monoisotopic (exact) mass is 698 g/mol. The molecule has 2 heterocycles. The van der Waals surface area contributed by atoms with Crippen LogP contribution in [-0.4, -0.2) is 8.42 Å². The third-order valence-electron chi connectivity index (χ3n) is 4.05. The fourth-order valence-electron chi connectivity index (χ4n) is 2.74. The van der Waals surface area contributed by atoms with Crippen molar-refractivity contribution in [2.45, 2.75) is 9.79 Å². The normalized spacial score (nSPS) is 12.0. The van der Waals surface area contributed by atoms with Crippen molar-refractivity contribution in [1.82, 2.24) is 0 Å². The van der Waals surface area contributed by atoms with E-state index in [4.69, 9.17) is 0 Å². The van der Waals surface area contributed by atoms with Gasteiger partial charge in [-0.25, -0.2) is 8.42 Å². The van der Waals surface area contributed by atoms with Gasteiger partial charge in [0.2, 0.25) is 9.84 Å². The van der Waals surface area contributed by atoms with Crippen LogP contribution in [0, 0.1) is 0 Å². The summed E-state index contributed by atoms with van der Waals surface area (Å²) in [6.45, 7) is 0. The molecule has 4 aromatic rings. The second-order valence-electron chi connectivity index (χ2n) is 5.90. The van der Waals surface area contributed by atoms with Crippen molar-refractivity contribution in [2.24, 2.45) is 0 Å². The summed E-state index contributed by atoms with van der Waals surface area (Å²) >= 11 is 15.2. The molecular formula is C18H6Br4O4S3. The lowest BCUT2D eigenvalue weighted by Crippen LogP contribution is -2.18. The first-order valence-electron chi connectivity index (χ1n) is 7.69. The molecule has 0 aliphatic heterocycles. The first-order valence-corrected chi connectivity index (χ1v) is 14.0. The smallest absolute Gasteiger partial charge is 0.251 e. The van der Waals surface area contributed by atoms with Gasteiger partial charge in [-0.2, -0.15) is 0 Å². The minimum Gasteiger partial charge on any atom is -0.276 e.